The Morgan fingerprint density at radius 2 is 1.80 bits per heavy atom. The molecule has 2 amide bonds. The number of anilines is 1. The lowest BCUT2D eigenvalue weighted by Gasteiger charge is -2.37. The number of benzene rings is 1. The predicted octanol–water partition coefficient (Wildman–Crippen LogP) is 3.80. The maximum atomic E-state index is 13.1. The molecule has 8 nitrogen and oxygen atoms in total. The Morgan fingerprint density at radius 1 is 1.06 bits per heavy atom. The van der Waals surface area contributed by atoms with Crippen LogP contribution in [0.4, 0.5) is 5.82 Å². The molecule has 0 saturated carbocycles. The number of nitrogens with zero attached hydrogens (tertiary/aromatic N) is 5. The van der Waals surface area contributed by atoms with E-state index in [1.54, 1.807) is 12.0 Å². The zero-order chi connectivity index (χ0) is 24.8. The Morgan fingerprint density at radius 3 is 2.37 bits per heavy atom. The Bertz CT molecular complexity index is 1110. The number of piperazine rings is 1. The third-order valence-electron chi connectivity index (χ3n) is 6.41. The number of carbonyl (C=O) groups is 2. The monoisotopic (exact) mass is 493 g/mol. The Labute approximate surface area is 210 Å². The van der Waals surface area contributed by atoms with Gasteiger partial charge in [0, 0.05) is 37.8 Å². The normalized spacial score (nSPS) is 14.5. The van der Waals surface area contributed by atoms with Crippen molar-refractivity contribution >= 4 is 29.0 Å². The highest BCUT2D eigenvalue weighted by Crippen LogP contribution is 2.22. The van der Waals surface area contributed by atoms with Crippen molar-refractivity contribution in [3.63, 3.8) is 0 Å². The first-order valence-corrected chi connectivity index (χ1v) is 12.7. The molecule has 1 saturated heterocycles. The highest BCUT2D eigenvalue weighted by Gasteiger charge is 2.28. The van der Waals surface area contributed by atoms with Crippen molar-refractivity contribution in [1.82, 2.24) is 20.0 Å². The first kappa shape index (κ1) is 24.7. The van der Waals surface area contributed by atoms with Crippen LogP contribution in [0.3, 0.4) is 0 Å². The van der Waals surface area contributed by atoms with Gasteiger partial charge in [0.2, 0.25) is 5.91 Å². The standard InChI is InChI=1S/C26H31N5O3S/c1-4-19(2)31(26(33)23-6-5-17-35-23)18-25(32)30-15-13-29(14-16-30)24-12-11-22(27-28-24)20-7-9-21(34-3)10-8-20/h5-12,17,19H,4,13-16,18H2,1-3H3. The van der Waals surface area contributed by atoms with E-state index in [1.807, 2.05) is 72.7 Å². The second-order valence-electron chi connectivity index (χ2n) is 8.54. The summed E-state index contributed by atoms with van der Waals surface area (Å²) in [4.78, 5) is 32.4. The molecule has 1 atom stereocenters. The van der Waals surface area contributed by atoms with E-state index >= 15 is 0 Å². The Balaban J connectivity index is 1.34. The smallest absolute Gasteiger partial charge is 0.264 e. The SMILES string of the molecule is CCC(C)N(CC(=O)N1CCN(c2ccc(-c3ccc(OC)cc3)nn2)CC1)C(=O)c1cccs1. The molecule has 184 valence electrons. The van der Waals surface area contributed by atoms with Gasteiger partial charge in [0.1, 0.15) is 12.3 Å². The summed E-state index contributed by atoms with van der Waals surface area (Å²) in [6, 6.07) is 15.3. The summed E-state index contributed by atoms with van der Waals surface area (Å²) in [5.41, 5.74) is 1.77. The molecule has 35 heavy (non-hydrogen) atoms. The first-order chi connectivity index (χ1) is 17.0. The second kappa shape index (κ2) is 11.3. The Hall–Kier alpha value is -3.46. The van der Waals surface area contributed by atoms with E-state index in [0.717, 1.165) is 29.2 Å². The van der Waals surface area contributed by atoms with Gasteiger partial charge in [0.05, 0.1) is 17.7 Å². The minimum Gasteiger partial charge on any atom is -0.497 e. The van der Waals surface area contributed by atoms with E-state index in [2.05, 4.69) is 15.1 Å². The zero-order valence-corrected chi connectivity index (χ0v) is 21.2. The highest BCUT2D eigenvalue weighted by atomic mass is 32.1. The lowest BCUT2D eigenvalue weighted by atomic mass is 10.1. The number of ether oxygens (including phenoxy) is 1. The third kappa shape index (κ3) is 5.79. The zero-order valence-electron chi connectivity index (χ0n) is 20.4. The largest absolute Gasteiger partial charge is 0.497 e. The minimum atomic E-state index is -0.0754. The second-order valence-corrected chi connectivity index (χ2v) is 9.49. The van der Waals surface area contributed by atoms with Gasteiger partial charge in [-0.2, -0.15) is 0 Å². The molecule has 3 aromatic rings. The molecule has 1 aliphatic rings. The van der Waals surface area contributed by atoms with Gasteiger partial charge < -0.3 is 19.4 Å². The van der Waals surface area contributed by atoms with Crippen LogP contribution in [0.25, 0.3) is 11.3 Å². The van der Waals surface area contributed by atoms with E-state index in [1.165, 1.54) is 11.3 Å². The average molecular weight is 494 g/mol. The molecule has 1 fully saturated rings. The average Bonchev–Trinajstić information content (AvgIpc) is 3.46. The number of thiophene rings is 1. The quantitative estimate of drug-likeness (QED) is 0.475. The number of methoxy groups -OCH3 is 1. The summed E-state index contributed by atoms with van der Waals surface area (Å²) in [7, 11) is 1.64. The van der Waals surface area contributed by atoms with Gasteiger partial charge in [0.15, 0.2) is 5.82 Å². The summed E-state index contributed by atoms with van der Waals surface area (Å²) in [6.07, 6.45) is 0.795. The summed E-state index contributed by atoms with van der Waals surface area (Å²) in [5.74, 6) is 1.50. The van der Waals surface area contributed by atoms with Crippen molar-refractivity contribution in [2.75, 3.05) is 44.7 Å². The van der Waals surface area contributed by atoms with Crippen LogP contribution in [0.2, 0.25) is 0 Å². The van der Waals surface area contributed by atoms with Gasteiger partial charge in [-0.05, 0) is 61.2 Å². The van der Waals surface area contributed by atoms with Crippen LogP contribution < -0.4 is 9.64 Å². The topological polar surface area (TPSA) is 78.9 Å². The third-order valence-corrected chi connectivity index (χ3v) is 7.27. The molecule has 3 heterocycles. The predicted molar refractivity (Wildman–Crippen MR) is 138 cm³/mol. The van der Waals surface area contributed by atoms with Crippen molar-refractivity contribution in [2.45, 2.75) is 26.3 Å². The summed E-state index contributed by atoms with van der Waals surface area (Å²) < 4.78 is 5.21. The first-order valence-electron chi connectivity index (χ1n) is 11.9. The van der Waals surface area contributed by atoms with Crippen LogP contribution >= 0.6 is 11.3 Å². The van der Waals surface area contributed by atoms with Crippen molar-refractivity contribution in [1.29, 1.82) is 0 Å². The van der Waals surface area contributed by atoms with Crippen LogP contribution in [0.5, 0.6) is 5.75 Å². The molecule has 0 bridgehead atoms. The number of hydrogen-bond donors (Lipinski definition) is 0. The molecule has 0 N–H and O–H groups in total. The van der Waals surface area contributed by atoms with Crippen LogP contribution in [-0.4, -0.2) is 77.7 Å². The number of amides is 2. The highest BCUT2D eigenvalue weighted by molar-refractivity contribution is 7.12. The molecule has 9 heteroatoms. The van der Waals surface area contributed by atoms with Gasteiger partial charge >= 0.3 is 0 Å². The molecule has 0 spiro atoms. The van der Waals surface area contributed by atoms with Crippen LogP contribution in [-0.2, 0) is 4.79 Å². The van der Waals surface area contributed by atoms with Crippen molar-refractivity contribution in [3.05, 3.63) is 58.8 Å². The lowest BCUT2D eigenvalue weighted by Crippen LogP contribution is -2.53. The van der Waals surface area contributed by atoms with Gasteiger partial charge in [-0.25, -0.2) is 0 Å². The lowest BCUT2D eigenvalue weighted by molar-refractivity contribution is -0.132. The fourth-order valence-electron chi connectivity index (χ4n) is 4.03. The maximum Gasteiger partial charge on any atom is 0.264 e. The summed E-state index contributed by atoms with van der Waals surface area (Å²) in [6.45, 7) is 6.64. The van der Waals surface area contributed by atoms with E-state index in [9.17, 15) is 9.59 Å². The van der Waals surface area contributed by atoms with Gasteiger partial charge in [-0.15, -0.1) is 21.5 Å². The molecular formula is C26H31N5O3S. The van der Waals surface area contributed by atoms with E-state index in [-0.39, 0.29) is 24.4 Å². The Kier molecular flexibility index (Phi) is 7.97. The number of carbonyl (C=O) groups excluding carboxylic acids is 2. The molecule has 2 aromatic heterocycles. The van der Waals surface area contributed by atoms with E-state index < -0.39 is 0 Å². The molecule has 1 aromatic carbocycles. The number of rotatable bonds is 8. The summed E-state index contributed by atoms with van der Waals surface area (Å²) in [5, 5.41) is 10.7. The molecule has 1 unspecified atom stereocenters. The molecule has 4 rings (SSSR count). The van der Waals surface area contributed by atoms with Gasteiger partial charge in [-0.3, -0.25) is 9.59 Å². The minimum absolute atomic E-state index is 0.00525. The van der Waals surface area contributed by atoms with Crippen molar-refractivity contribution in [3.8, 4) is 17.0 Å². The molecule has 1 aliphatic heterocycles. The molecule has 0 aliphatic carbocycles. The fraction of sp³-hybridized carbons (Fsp3) is 0.385. The molecular weight excluding hydrogens is 462 g/mol. The number of aromatic nitrogens is 2. The van der Waals surface area contributed by atoms with Crippen LogP contribution in [0, 0.1) is 0 Å². The van der Waals surface area contributed by atoms with Gasteiger partial charge in [-0.1, -0.05) is 13.0 Å². The van der Waals surface area contributed by atoms with E-state index in [0.29, 0.717) is 31.1 Å². The summed E-state index contributed by atoms with van der Waals surface area (Å²) >= 11 is 1.41. The fourth-order valence-corrected chi connectivity index (χ4v) is 4.71. The molecule has 0 radical (unpaired) electrons. The van der Waals surface area contributed by atoms with Crippen molar-refractivity contribution in [2.24, 2.45) is 0 Å². The number of hydrogen-bond acceptors (Lipinski definition) is 7. The van der Waals surface area contributed by atoms with Crippen LogP contribution in [0.15, 0.2) is 53.9 Å². The van der Waals surface area contributed by atoms with Crippen molar-refractivity contribution < 1.29 is 14.3 Å². The van der Waals surface area contributed by atoms with Gasteiger partial charge in [0.25, 0.3) is 5.91 Å². The maximum absolute atomic E-state index is 13.1. The van der Waals surface area contributed by atoms with E-state index in [4.69, 9.17) is 4.74 Å². The van der Waals surface area contributed by atoms with Crippen LogP contribution in [0.1, 0.15) is 29.9 Å².